The molecule has 0 radical (unpaired) electrons. The van der Waals surface area contributed by atoms with E-state index in [1.165, 1.54) is 16.6 Å². The molecule has 158 valence electrons. The van der Waals surface area contributed by atoms with Crippen molar-refractivity contribution < 1.29 is 18.7 Å². The summed E-state index contributed by atoms with van der Waals surface area (Å²) in [7, 11) is 0. The highest BCUT2D eigenvalue weighted by atomic mass is 19.1. The van der Waals surface area contributed by atoms with Gasteiger partial charge >= 0.3 is 5.97 Å². The number of ether oxygens (including phenoxy) is 2. The van der Waals surface area contributed by atoms with Crippen LogP contribution in [0, 0.1) is 12.4 Å². The number of rotatable bonds is 1. The Hall–Kier alpha value is -3.87. The summed E-state index contributed by atoms with van der Waals surface area (Å²) in [5.41, 5.74) is 5.98. The van der Waals surface area contributed by atoms with E-state index in [0.717, 1.165) is 0 Å². The van der Waals surface area contributed by atoms with Crippen molar-refractivity contribution in [2.24, 2.45) is 0 Å². The van der Waals surface area contributed by atoms with Gasteiger partial charge < -0.3 is 20.1 Å². The lowest BCUT2D eigenvalue weighted by atomic mass is 10.1. The number of esters is 1. The molecule has 0 unspecified atom stereocenters. The topological polar surface area (TPSA) is 99.3 Å². The third kappa shape index (κ3) is 3.09. The van der Waals surface area contributed by atoms with Crippen molar-refractivity contribution in [2.75, 3.05) is 23.8 Å². The maximum absolute atomic E-state index is 14.5. The zero-order chi connectivity index (χ0) is 21.8. The molecule has 9 nitrogen and oxygen atoms in total. The molecule has 1 fully saturated rings. The molecule has 5 rings (SSSR count). The van der Waals surface area contributed by atoms with E-state index < -0.39 is 17.4 Å². The Balaban J connectivity index is 1.71. The minimum Gasteiger partial charge on any atom is -0.485 e. The van der Waals surface area contributed by atoms with Crippen LogP contribution in [-0.2, 0) is 11.3 Å². The number of cyclic esters (lactones) is 1. The zero-order valence-corrected chi connectivity index (χ0v) is 16.8. The Morgan fingerprint density at radius 3 is 2.87 bits per heavy atom. The van der Waals surface area contributed by atoms with Crippen molar-refractivity contribution in [3.63, 3.8) is 0 Å². The number of benzene rings is 1. The second kappa shape index (κ2) is 6.84. The molecule has 1 aromatic carbocycles. The second-order valence-corrected chi connectivity index (χ2v) is 7.67. The SMILES string of the molecule is [C-]#[N+]c1c(F)ccc2c1CN(CC)c1ccn3nc(N)c(c3n1)C(=O)OCC1(CC1)O2. The lowest BCUT2D eigenvalue weighted by Gasteiger charge is -2.26. The highest BCUT2D eigenvalue weighted by Crippen LogP contribution is 2.44. The van der Waals surface area contributed by atoms with Gasteiger partial charge in [-0.25, -0.2) is 23.5 Å². The molecule has 2 aromatic heterocycles. The third-order valence-electron chi connectivity index (χ3n) is 5.66. The van der Waals surface area contributed by atoms with Crippen molar-refractivity contribution in [1.29, 1.82) is 0 Å². The lowest BCUT2D eigenvalue weighted by molar-refractivity contribution is 0.0251. The molecule has 10 heteroatoms. The predicted molar refractivity (Wildman–Crippen MR) is 110 cm³/mol. The Bertz CT molecular complexity index is 1260. The first kappa shape index (κ1) is 19.1. The fourth-order valence-electron chi connectivity index (χ4n) is 3.73. The van der Waals surface area contributed by atoms with Crippen molar-refractivity contribution in [3.8, 4) is 5.75 Å². The molecule has 31 heavy (non-hydrogen) atoms. The van der Waals surface area contributed by atoms with Gasteiger partial charge in [0.25, 0.3) is 0 Å². The van der Waals surface area contributed by atoms with Gasteiger partial charge in [-0.2, -0.15) is 0 Å². The third-order valence-corrected chi connectivity index (χ3v) is 5.66. The van der Waals surface area contributed by atoms with Crippen LogP contribution in [0.15, 0.2) is 24.4 Å². The molecule has 0 saturated heterocycles. The monoisotopic (exact) mass is 422 g/mol. The molecular formula is C21H19FN6O3. The second-order valence-electron chi connectivity index (χ2n) is 7.67. The molecule has 1 spiro atoms. The van der Waals surface area contributed by atoms with Crippen LogP contribution < -0.4 is 15.4 Å². The van der Waals surface area contributed by atoms with Crippen molar-refractivity contribution in [2.45, 2.75) is 31.9 Å². The van der Waals surface area contributed by atoms with Gasteiger partial charge in [-0.1, -0.05) is 0 Å². The van der Waals surface area contributed by atoms with Crippen molar-refractivity contribution in [1.82, 2.24) is 14.6 Å². The number of aromatic nitrogens is 3. The Kier molecular flexibility index (Phi) is 4.22. The van der Waals surface area contributed by atoms with Gasteiger partial charge in [0, 0.05) is 24.8 Å². The fourth-order valence-corrected chi connectivity index (χ4v) is 3.73. The van der Waals surface area contributed by atoms with E-state index in [9.17, 15) is 9.18 Å². The van der Waals surface area contributed by atoms with E-state index in [1.807, 2.05) is 11.8 Å². The first-order valence-electron chi connectivity index (χ1n) is 9.89. The van der Waals surface area contributed by atoms with E-state index in [1.54, 1.807) is 12.3 Å². The molecular weight excluding hydrogens is 403 g/mol. The van der Waals surface area contributed by atoms with Crippen LogP contribution in [0.2, 0.25) is 0 Å². The van der Waals surface area contributed by atoms with Gasteiger partial charge in [0.2, 0.25) is 5.69 Å². The van der Waals surface area contributed by atoms with Gasteiger partial charge in [0.05, 0.1) is 6.57 Å². The first-order valence-corrected chi connectivity index (χ1v) is 9.89. The summed E-state index contributed by atoms with van der Waals surface area (Å²) in [6.07, 6.45) is 2.99. The zero-order valence-electron chi connectivity index (χ0n) is 16.8. The van der Waals surface area contributed by atoms with Crippen LogP contribution in [0.1, 0.15) is 35.7 Å². The minimum atomic E-state index is -0.709. The smallest absolute Gasteiger partial charge is 0.346 e. The highest BCUT2D eigenvalue weighted by molar-refractivity contribution is 6.00. The normalized spacial score (nSPS) is 17.2. The van der Waals surface area contributed by atoms with E-state index in [2.05, 4.69) is 14.9 Å². The molecule has 3 heterocycles. The molecule has 2 N–H and O–H groups in total. The van der Waals surface area contributed by atoms with E-state index in [0.29, 0.717) is 36.5 Å². The van der Waals surface area contributed by atoms with Gasteiger partial charge in [-0.3, -0.25) is 0 Å². The summed E-state index contributed by atoms with van der Waals surface area (Å²) in [6.45, 7) is 10.1. The number of nitrogens with zero attached hydrogens (tertiary/aromatic N) is 5. The molecule has 0 amide bonds. The summed E-state index contributed by atoms with van der Waals surface area (Å²) in [5.74, 6) is -0.282. The number of fused-ring (bicyclic) bond motifs is 2. The van der Waals surface area contributed by atoms with Gasteiger partial charge in [0.15, 0.2) is 11.5 Å². The Morgan fingerprint density at radius 2 is 2.16 bits per heavy atom. The van der Waals surface area contributed by atoms with Crippen LogP contribution in [-0.4, -0.2) is 39.3 Å². The summed E-state index contributed by atoms with van der Waals surface area (Å²) < 4.78 is 27.6. The summed E-state index contributed by atoms with van der Waals surface area (Å²) in [5, 5.41) is 4.15. The summed E-state index contributed by atoms with van der Waals surface area (Å²) in [4.78, 5) is 22.7. The van der Waals surface area contributed by atoms with Gasteiger partial charge in [-0.15, -0.1) is 5.10 Å². The molecule has 0 atom stereocenters. The maximum Gasteiger partial charge on any atom is 0.346 e. The van der Waals surface area contributed by atoms with Crippen LogP contribution in [0.3, 0.4) is 0 Å². The largest absolute Gasteiger partial charge is 0.485 e. The summed E-state index contributed by atoms with van der Waals surface area (Å²) in [6, 6.07) is 4.47. The number of carbonyl (C=O) groups excluding carboxylic acids is 1. The average molecular weight is 422 g/mol. The highest BCUT2D eigenvalue weighted by Gasteiger charge is 2.48. The Labute approximate surface area is 177 Å². The predicted octanol–water partition coefficient (Wildman–Crippen LogP) is 3.11. The van der Waals surface area contributed by atoms with E-state index in [4.69, 9.17) is 21.8 Å². The van der Waals surface area contributed by atoms with Crippen LogP contribution in [0.4, 0.5) is 21.7 Å². The molecule has 2 bridgehead atoms. The number of nitrogen functional groups attached to an aromatic ring is 1. The quantitative estimate of drug-likeness (QED) is 0.475. The number of carbonyl (C=O) groups is 1. The lowest BCUT2D eigenvalue weighted by Crippen LogP contribution is -2.28. The van der Waals surface area contributed by atoms with Gasteiger partial charge in [0.1, 0.15) is 35.2 Å². The Morgan fingerprint density at radius 1 is 1.35 bits per heavy atom. The molecule has 1 aliphatic carbocycles. The molecule has 2 aliphatic rings. The number of hydrogen-bond donors (Lipinski definition) is 1. The number of nitrogens with two attached hydrogens (primary N) is 1. The van der Waals surface area contributed by atoms with E-state index in [-0.39, 0.29) is 35.9 Å². The van der Waals surface area contributed by atoms with Crippen molar-refractivity contribution in [3.05, 3.63) is 52.8 Å². The summed E-state index contributed by atoms with van der Waals surface area (Å²) >= 11 is 0. The van der Waals surface area contributed by atoms with Crippen molar-refractivity contribution >= 4 is 28.9 Å². The first-order chi connectivity index (χ1) is 14.9. The van der Waals surface area contributed by atoms with E-state index >= 15 is 0 Å². The minimum absolute atomic E-state index is 0.00393. The standard InChI is InChI=1S/C21H19FN6O3/c1-3-27-10-12-14(5-4-13(22)17(12)24-2)31-21(7-8-21)11-30-20(29)16-18(23)26-28-9-6-15(27)25-19(16)28/h4-6,9H,3,7-8,10-11H2,1H3,(H2,23,26). The molecule has 1 aliphatic heterocycles. The molecule has 1 saturated carbocycles. The fraction of sp³-hybridized carbons (Fsp3) is 0.333. The number of anilines is 2. The van der Waals surface area contributed by atoms with Crippen LogP contribution in [0.5, 0.6) is 5.75 Å². The average Bonchev–Trinajstić information content (AvgIpc) is 3.44. The number of halogens is 1. The molecule has 3 aromatic rings. The maximum atomic E-state index is 14.5. The van der Waals surface area contributed by atoms with Crippen LogP contribution in [0.25, 0.3) is 10.5 Å². The van der Waals surface area contributed by atoms with Gasteiger partial charge in [-0.05, 0) is 38.0 Å². The van der Waals surface area contributed by atoms with Crippen LogP contribution >= 0.6 is 0 Å². The number of hydrogen-bond acceptors (Lipinski definition) is 7.